The van der Waals surface area contributed by atoms with Crippen molar-refractivity contribution in [3.05, 3.63) is 47.2 Å². The number of piperidine rings is 1. The zero-order valence-corrected chi connectivity index (χ0v) is 17.3. The Labute approximate surface area is 173 Å². The van der Waals surface area contributed by atoms with Crippen LogP contribution in [0.1, 0.15) is 20.3 Å². The largest absolute Gasteiger partial charge is 0.496 e. The number of benzene rings is 2. The Balaban J connectivity index is 1.92. The van der Waals surface area contributed by atoms with Crippen molar-refractivity contribution in [3.8, 4) is 16.9 Å². The second kappa shape index (κ2) is 7.75. The summed E-state index contributed by atoms with van der Waals surface area (Å²) in [5.41, 5.74) is 0.0458. The fourth-order valence-electron chi connectivity index (χ4n) is 4.35. The first-order valence-electron chi connectivity index (χ1n) is 9.61. The predicted octanol–water partition coefficient (Wildman–Crippen LogP) is 5.72. The molecule has 2 aromatic carbocycles. The van der Waals surface area contributed by atoms with Crippen LogP contribution in [0.3, 0.4) is 0 Å². The van der Waals surface area contributed by atoms with Crippen molar-refractivity contribution in [3.63, 3.8) is 0 Å². The molecule has 4 nitrogen and oxygen atoms in total. The van der Waals surface area contributed by atoms with E-state index < -0.39 is 11.6 Å². The molecule has 0 N–H and O–H groups in total. The third kappa shape index (κ3) is 3.50. The van der Waals surface area contributed by atoms with E-state index in [1.165, 1.54) is 25.6 Å². The molecule has 1 aromatic heterocycles. The molecule has 0 spiro atoms. The van der Waals surface area contributed by atoms with Crippen molar-refractivity contribution >= 4 is 28.3 Å². The summed E-state index contributed by atoms with van der Waals surface area (Å²) in [7, 11) is 1.41. The standard InChI is InChI=1S/C22H22ClF2N3O/c1-12-7-13(2)10-28(9-12)22-14-8-15(23)18(20(25)21(14)26-11-27-22)19-16(24)5-4-6-17(19)29-3/h4-6,8,11-13H,7,9-10H2,1-3H3/t12-,13+. The normalized spacial score (nSPS) is 19.6. The van der Waals surface area contributed by atoms with Gasteiger partial charge in [0, 0.05) is 24.0 Å². The lowest BCUT2D eigenvalue weighted by atomic mass is 9.91. The van der Waals surface area contributed by atoms with Crippen molar-refractivity contribution in [2.75, 3.05) is 25.1 Å². The van der Waals surface area contributed by atoms with Crippen LogP contribution in [-0.4, -0.2) is 30.2 Å². The van der Waals surface area contributed by atoms with E-state index in [1.807, 2.05) is 0 Å². The van der Waals surface area contributed by atoms with Gasteiger partial charge in [-0.25, -0.2) is 18.7 Å². The first kappa shape index (κ1) is 19.8. The molecule has 0 amide bonds. The van der Waals surface area contributed by atoms with Crippen LogP contribution in [0.2, 0.25) is 5.02 Å². The number of nitrogens with zero attached hydrogens (tertiary/aromatic N) is 3. The molecule has 152 valence electrons. The summed E-state index contributed by atoms with van der Waals surface area (Å²) in [5, 5.41) is 0.614. The van der Waals surface area contributed by atoms with Crippen LogP contribution in [-0.2, 0) is 0 Å². The molecular formula is C22H22ClF2N3O. The summed E-state index contributed by atoms with van der Waals surface area (Å²) >= 11 is 6.48. The van der Waals surface area contributed by atoms with Gasteiger partial charge in [0.05, 0.1) is 17.7 Å². The fraction of sp³-hybridized carbons (Fsp3) is 0.364. The summed E-state index contributed by atoms with van der Waals surface area (Å²) in [6, 6.07) is 5.95. The van der Waals surface area contributed by atoms with E-state index in [1.54, 1.807) is 12.1 Å². The summed E-state index contributed by atoms with van der Waals surface area (Å²) in [5.74, 6) is 0.576. The Kier molecular flexibility index (Phi) is 5.30. The first-order chi connectivity index (χ1) is 13.9. The Bertz CT molecular complexity index is 1070. The lowest BCUT2D eigenvalue weighted by molar-refractivity contribution is 0.356. The minimum Gasteiger partial charge on any atom is -0.496 e. The van der Waals surface area contributed by atoms with Gasteiger partial charge < -0.3 is 9.64 Å². The smallest absolute Gasteiger partial charge is 0.159 e. The molecule has 3 aromatic rings. The van der Waals surface area contributed by atoms with E-state index in [4.69, 9.17) is 16.3 Å². The van der Waals surface area contributed by atoms with Crippen LogP contribution in [0.25, 0.3) is 22.0 Å². The molecule has 1 saturated heterocycles. The minimum absolute atomic E-state index is 0.0141. The monoisotopic (exact) mass is 417 g/mol. The highest BCUT2D eigenvalue weighted by molar-refractivity contribution is 6.34. The zero-order chi connectivity index (χ0) is 20.7. The molecule has 2 atom stereocenters. The van der Waals surface area contributed by atoms with Crippen molar-refractivity contribution in [1.29, 1.82) is 0 Å². The van der Waals surface area contributed by atoms with E-state index in [0.717, 1.165) is 19.5 Å². The Morgan fingerprint density at radius 3 is 2.52 bits per heavy atom. The molecule has 29 heavy (non-hydrogen) atoms. The SMILES string of the molecule is COc1cccc(F)c1-c1c(Cl)cc2c(N3C[C@H](C)C[C@H](C)C3)ncnc2c1F. The molecule has 0 saturated carbocycles. The van der Waals surface area contributed by atoms with Crippen LogP contribution < -0.4 is 9.64 Å². The summed E-state index contributed by atoms with van der Waals surface area (Å²) < 4.78 is 35.4. The summed E-state index contributed by atoms with van der Waals surface area (Å²) in [6.45, 7) is 6.06. The molecule has 1 aliphatic rings. The van der Waals surface area contributed by atoms with Gasteiger partial charge in [-0.05, 0) is 36.5 Å². The second-order valence-electron chi connectivity index (χ2n) is 7.81. The number of halogens is 3. The summed E-state index contributed by atoms with van der Waals surface area (Å²) in [6.07, 6.45) is 2.49. The van der Waals surface area contributed by atoms with Gasteiger partial charge in [0.2, 0.25) is 0 Å². The van der Waals surface area contributed by atoms with Gasteiger partial charge in [0.1, 0.15) is 29.2 Å². The number of fused-ring (bicyclic) bond motifs is 1. The highest BCUT2D eigenvalue weighted by Gasteiger charge is 2.27. The Morgan fingerprint density at radius 2 is 1.83 bits per heavy atom. The number of hydrogen-bond acceptors (Lipinski definition) is 4. The highest BCUT2D eigenvalue weighted by atomic mass is 35.5. The maximum Gasteiger partial charge on any atom is 0.159 e. The van der Waals surface area contributed by atoms with Gasteiger partial charge in [0.15, 0.2) is 5.82 Å². The number of hydrogen-bond donors (Lipinski definition) is 0. The van der Waals surface area contributed by atoms with Gasteiger partial charge in [-0.1, -0.05) is 31.5 Å². The van der Waals surface area contributed by atoms with Crippen molar-refractivity contribution < 1.29 is 13.5 Å². The lowest BCUT2D eigenvalue weighted by Gasteiger charge is -2.36. The van der Waals surface area contributed by atoms with E-state index in [9.17, 15) is 4.39 Å². The lowest BCUT2D eigenvalue weighted by Crippen LogP contribution is -2.39. The maximum absolute atomic E-state index is 15.6. The molecule has 7 heteroatoms. The topological polar surface area (TPSA) is 38.2 Å². The molecule has 1 fully saturated rings. The molecule has 0 bridgehead atoms. The van der Waals surface area contributed by atoms with Crippen LogP contribution >= 0.6 is 11.6 Å². The Morgan fingerprint density at radius 1 is 1.10 bits per heavy atom. The zero-order valence-electron chi connectivity index (χ0n) is 16.5. The molecule has 0 radical (unpaired) electrons. The first-order valence-corrected chi connectivity index (χ1v) is 9.99. The van der Waals surface area contributed by atoms with Crippen molar-refractivity contribution in [2.45, 2.75) is 20.3 Å². The van der Waals surface area contributed by atoms with Crippen LogP contribution in [0, 0.1) is 23.5 Å². The molecule has 0 aliphatic carbocycles. The van der Waals surface area contributed by atoms with Crippen LogP contribution in [0.5, 0.6) is 5.75 Å². The molecular weight excluding hydrogens is 396 g/mol. The van der Waals surface area contributed by atoms with Gasteiger partial charge in [-0.3, -0.25) is 0 Å². The number of rotatable bonds is 3. The third-order valence-corrected chi connectivity index (χ3v) is 5.71. The Hall–Kier alpha value is -2.47. The van der Waals surface area contributed by atoms with Crippen molar-refractivity contribution in [2.24, 2.45) is 11.8 Å². The number of aromatic nitrogens is 2. The van der Waals surface area contributed by atoms with Gasteiger partial charge >= 0.3 is 0 Å². The minimum atomic E-state index is -0.683. The number of ether oxygens (including phenoxy) is 1. The van der Waals surface area contributed by atoms with Crippen LogP contribution in [0.15, 0.2) is 30.6 Å². The average Bonchev–Trinajstić information content (AvgIpc) is 2.68. The summed E-state index contributed by atoms with van der Waals surface area (Å²) in [4.78, 5) is 10.7. The molecule has 4 rings (SSSR count). The molecule has 2 heterocycles. The van der Waals surface area contributed by atoms with E-state index in [0.29, 0.717) is 23.0 Å². The van der Waals surface area contributed by atoms with Crippen LogP contribution in [0.4, 0.5) is 14.6 Å². The number of methoxy groups -OCH3 is 1. The second-order valence-corrected chi connectivity index (χ2v) is 8.22. The predicted molar refractivity (Wildman–Crippen MR) is 112 cm³/mol. The van der Waals surface area contributed by atoms with Gasteiger partial charge in [0.25, 0.3) is 0 Å². The highest BCUT2D eigenvalue weighted by Crippen LogP contribution is 2.42. The van der Waals surface area contributed by atoms with Crippen molar-refractivity contribution in [1.82, 2.24) is 9.97 Å². The fourth-order valence-corrected chi connectivity index (χ4v) is 4.64. The molecule has 1 aliphatic heterocycles. The van der Waals surface area contributed by atoms with E-state index in [2.05, 4.69) is 28.7 Å². The van der Waals surface area contributed by atoms with E-state index in [-0.39, 0.29) is 27.4 Å². The average molecular weight is 418 g/mol. The van der Waals surface area contributed by atoms with Gasteiger partial charge in [-0.15, -0.1) is 0 Å². The maximum atomic E-state index is 15.6. The van der Waals surface area contributed by atoms with E-state index >= 15 is 4.39 Å². The van der Waals surface area contributed by atoms with Gasteiger partial charge in [-0.2, -0.15) is 0 Å². The quantitative estimate of drug-likeness (QED) is 0.546. The molecule has 0 unspecified atom stereocenters. The third-order valence-electron chi connectivity index (χ3n) is 5.41. The number of anilines is 1.